The Morgan fingerprint density at radius 2 is 2.00 bits per heavy atom. The van der Waals surface area contributed by atoms with Gasteiger partial charge in [-0.05, 0) is 36.6 Å². The van der Waals surface area contributed by atoms with Crippen LogP contribution in [0.15, 0.2) is 48.9 Å². The smallest absolute Gasteiger partial charge is 0.243 e. The summed E-state index contributed by atoms with van der Waals surface area (Å²) in [5.41, 5.74) is 0.999. The molecule has 0 saturated carbocycles. The summed E-state index contributed by atoms with van der Waals surface area (Å²) >= 11 is 0. The van der Waals surface area contributed by atoms with Gasteiger partial charge in [-0.25, -0.2) is 0 Å². The number of carbonyl (C=O) groups is 1. The minimum absolute atomic E-state index is 0.0795. The van der Waals surface area contributed by atoms with E-state index in [1.807, 2.05) is 47.3 Å². The van der Waals surface area contributed by atoms with Crippen molar-refractivity contribution in [2.45, 2.75) is 32.7 Å². The third kappa shape index (κ3) is 4.74. The molecule has 0 aromatic carbocycles. The van der Waals surface area contributed by atoms with Gasteiger partial charge in [0.1, 0.15) is 6.04 Å². The minimum Gasteiger partial charge on any atom is -0.354 e. The zero-order valence-corrected chi connectivity index (χ0v) is 12.7. The molecule has 0 aliphatic heterocycles. The number of aromatic nitrogens is 2. The van der Waals surface area contributed by atoms with E-state index in [2.05, 4.69) is 24.1 Å². The van der Waals surface area contributed by atoms with Crippen molar-refractivity contribution in [3.63, 3.8) is 0 Å². The number of hydrogen-bond donors (Lipinski definition) is 1. The van der Waals surface area contributed by atoms with Crippen molar-refractivity contribution in [3.05, 3.63) is 54.6 Å². The van der Waals surface area contributed by atoms with Gasteiger partial charge in [0.25, 0.3) is 0 Å². The van der Waals surface area contributed by atoms with Crippen LogP contribution in [-0.2, 0) is 11.2 Å². The molecule has 0 unspecified atom stereocenters. The fourth-order valence-electron chi connectivity index (χ4n) is 2.34. The van der Waals surface area contributed by atoms with E-state index in [1.54, 1.807) is 6.20 Å². The summed E-state index contributed by atoms with van der Waals surface area (Å²) in [6.07, 6.45) is 7.27. The number of pyridine rings is 1. The summed E-state index contributed by atoms with van der Waals surface area (Å²) in [4.78, 5) is 16.7. The number of rotatable bonds is 7. The highest BCUT2D eigenvalue weighted by molar-refractivity contribution is 5.80. The molecule has 0 fully saturated rings. The van der Waals surface area contributed by atoms with Crippen LogP contribution in [0.25, 0.3) is 0 Å². The molecule has 112 valence electrons. The normalized spacial score (nSPS) is 12.3. The van der Waals surface area contributed by atoms with Crippen molar-refractivity contribution in [2.75, 3.05) is 6.54 Å². The van der Waals surface area contributed by atoms with Crippen molar-refractivity contribution in [2.24, 2.45) is 5.92 Å². The van der Waals surface area contributed by atoms with Gasteiger partial charge in [0, 0.05) is 37.3 Å². The van der Waals surface area contributed by atoms with Gasteiger partial charge >= 0.3 is 0 Å². The zero-order valence-electron chi connectivity index (χ0n) is 12.7. The highest BCUT2D eigenvalue weighted by Gasteiger charge is 2.20. The van der Waals surface area contributed by atoms with Gasteiger partial charge in [-0.15, -0.1) is 0 Å². The molecule has 1 N–H and O–H groups in total. The number of nitrogens with one attached hydrogen (secondary N) is 1. The third-order valence-corrected chi connectivity index (χ3v) is 3.39. The van der Waals surface area contributed by atoms with Crippen molar-refractivity contribution < 1.29 is 4.79 Å². The van der Waals surface area contributed by atoms with E-state index in [4.69, 9.17) is 0 Å². The molecule has 0 aliphatic rings. The van der Waals surface area contributed by atoms with Crippen LogP contribution in [0.5, 0.6) is 0 Å². The van der Waals surface area contributed by atoms with Crippen LogP contribution in [0, 0.1) is 5.92 Å². The number of amides is 1. The standard InChI is InChI=1S/C17H23N3O/c1-14(2)13-16(20-11-5-6-12-20)17(21)19-10-8-15-7-3-4-9-18-15/h3-7,9,11-12,14,16H,8,10,13H2,1-2H3,(H,19,21)/t16-/m1/s1. The van der Waals surface area contributed by atoms with Crippen LogP contribution >= 0.6 is 0 Å². The quantitative estimate of drug-likeness (QED) is 0.850. The second kappa shape index (κ2) is 7.62. The van der Waals surface area contributed by atoms with Gasteiger partial charge in [-0.3, -0.25) is 9.78 Å². The molecule has 1 amide bonds. The molecule has 0 bridgehead atoms. The molecular weight excluding hydrogens is 262 g/mol. The summed E-state index contributed by atoms with van der Waals surface area (Å²) in [7, 11) is 0. The van der Waals surface area contributed by atoms with Crippen molar-refractivity contribution in [1.82, 2.24) is 14.9 Å². The molecule has 21 heavy (non-hydrogen) atoms. The van der Waals surface area contributed by atoms with Crippen LogP contribution in [-0.4, -0.2) is 22.0 Å². The van der Waals surface area contributed by atoms with Crippen molar-refractivity contribution >= 4 is 5.91 Å². The number of hydrogen-bond acceptors (Lipinski definition) is 2. The lowest BCUT2D eigenvalue weighted by Crippen LogP contribution is -2.34. The second-order valence-corrected chi connectivity index (χ2v) is 5.64. The Bertz CT molecular complexity index is 534. The molecule has 4 heteroatoms. The first-order valence-electron chi connectivity index (χ1n) is 7.47. The summed E-state index contributed by atoms with van der Waals surface area (Å²) < 4.78 is 1.98. The maximum Gasteiger partial charge on any atom is 0.243 e. The molecule has 0 spiro atoms. The Kier molecular flexibility index (Phi) is 5.55. The third-order valence-electron chi connectivity index (χ3n) is 3.39. The maximum atomic E-state index is 12.4. The SMILES string of the molecule is CC(C)C[C@H](C(=O)NCCc1ccccn1)n1cccc1. The fourth-order valence-corrected chi connectivity index (χ4v) is 2.34. The Labute approximate surface area is 126 Å². The zero-order chi connectivity index (χ0) is 15.1. The van der Waals surface area contributed by atoms with E-state index in [0.717, 1.165) is 18.5 Å². The molecule has 0 aliphatic carbocycles. The van der Waals surface area contributed by atoms with Crippen LogP contribution in [0.3, 0.4) is 0 Å². The largest absolute Gasteiger partial charge is 0.354 e. The van der Waals surface area contributed by atoms with E-state index >= 15 is 0 Å². The summed E-state index contributed by atoms with van der Waals surface area (Å²) in [5, 5.41) is 3.03. The van der Waals surface area contributed by atoms with Crippen LogP contribution in [0.2, 0.25) is 0 Å². The average Bonchev–Trinajstić information content (AvgIpc) is 2.99. The number of carbonyl (C=O) groups excluding carboxylic acids is 1. The predicted molar refractivity (Wildman–Crippen MR) is 83.9 cm³/mol. The molecular formula is C17H23N3O. The molecule has 2 aromatic heterocycles. The topological polar surface area (TPSA) is 46.9 Å². The average molecular weight is 285 g/mol. The lowest BCUT2D eigenvalue weighted by molar-refractivity contribution is -0.124. The molecule has 0 saturated heterocycles. The first kappa shape index (κ1) is 15.3. The molecule has 4 nitrogen and oxygen atoms in total. The number of nitrogens with zero attached hydrogens (tertiary/aromatic N) is 2. The Morgan fingerprint density at radius 1 is 1.24 bits per heavy atom. The van der Waals surface area contributed by atoms with Crippen LogP contribution in [0.1, 0.15) is 32.0 Å². The Morgan fingerprint density at radius 3 is 2.62 bits per heavy atom. The monoisotopic (exact) mass is 285 g/mol. The summed E-state index contributed by atoms with van der Waals surface area (Å²) in [6.45, 7) is 4.89. The first-order chi connectivity index (χ1) is 10.2. The lowest BCUT2D eigenvalue weighted by Gasteiger charge is -2.20. The molecule has 1 atom stereocenters. The van der Waals surface area contributed by atoms with E-state index < -0.39 is 0 Å². The van der Waals surface area contributed by atoms with Gasteiger partial charge < -0.3 is 9.88 Å². The first-order valence-corrected chi connectivity index (χ1v) is 7.47. The van der Waals surface area contributed by atoms with E-state index in [0.29, 0.717) is 12.5 Å². The molecule has 0 radical (unpaired) electrons. The maximum absolute atomic E-state index is 12.4. The van der Waals surface area contributed by atoms with Crippen molar-refractivity contribution in [3.8, 4) is 0 Å². The Hall–Kier alpha value is -2.10. The van der Waals surface area contributed by atoms with Crippen molar-refractivity contribution in [1.29, 1.82) is 0 Å². The second-order valence-electron chi connectivity index (χ2n) is 5.64. The van der Waals surface area contributed by atoms with Gasteiger partial charge in [-0.2, -0.15) is 0 Å². The van der Waals surface area contributed by atoms with Gasteiger partial charge in [0.2, 0.25) is 5.91 Å². The van der Waals surface area contributed by atoms with Gasteiger partial charge in [-0.1, -0.05) is 19.9 Å². The summed E-state index contributed by atoms with van der Waals surface area (Å²) in [6, 6.07) is 9.61. The van der Waals surface area contributed by atoms with Crippen LogP contribution < -0.4 is 5.32 Å². The highest BCUT2D eigenvalue weighted by atomic mass is 16.2. The Balaban J connectivity index is 1.90. The fraction of sp³-hybridized carbons (Fsp3) is 0.412. The highest BCUT2D eigenvalue weighted by Crippen LogP contribution is 2.18. The van der Waals surface area contributed by atoms with Gasteiger partial charge in [0.15, 0.2) is 0 Å². The van der Waals surface area contributed by atoms with E-state index in [-0.39, 0.29) is 11.9 Å². The molecule has 2 heterocycles. The molecule has 2 rings (SSSR count). The van der Waals surface area contributed by atoms with E-state index in [9.17, 15) is 4.79 Å². The van der Waals surface area contributed by atoms with E-state index in [1.165, 1.54) is 0 Å². The minimum atomic E-state index is -0.135. The lowest BCUT2D eigenvalue weighted by atomic mass is 10.0. The van der Waals surface area contributed by atoms with Gasteiger partial charge in [0.05, 0.1) is 0 Å². The predicted octanol–water partition coefficient (Wildman–Crippen LogP) is 2.83. The molecule has 2 aromatic rings. The van der Waals surface area contributed by atoms with Crippen LogP contribution in [0.4, 0.5) is 0 Å². The summed E-state index contributed by atoms with van der Waals surface area (Å²) in [5.74, 6) is 0.551.